The van der Waals surface area contributed by atoms with Gasteiger partial charge in [-0.1, -0.05) is 19.3 Å². The molecule has 2 aromatic heterocycles. The Morgan fingerprint density at radius 1 is 1.08 bits per heavy atom. The van der Waals surface area contributed by atoms with E-state index < -0.39 is 5.82 Å². The van der Waals surface area contributed by atoms with Crippen LogP contribution in [0.3, 0.4) is 0 Å². The first-order valence-corrected chi connectivity index (χ1v) is 9.14. The quantitative estimate of drug-likeness (QED) is 0.835. The van der Waals surface area contributed by atoms with Gasteiger partial charge >= 0.3 is 0 Å². The van der Waals surface area contributed by atoms with Crippen molar-refractivity contribution in [2.24, 2.45) is 5.92 Å². The summed E-state index contributed by atoms with van der Waals surface area (Å²) in [5.74, 6) is 1.42. The van der Waals surface area contributed by atoms with Gasteiger partial charge in [0.05, 0.1) is 12.4 Å². The van der Waals surface area contributed by atoms with E-state index in [-0.39, 0.29) is 5.69 Å². The molecule has 2 aliphatic rings. The molecular weight excluding hydrogens is 319 g/mol. The highest BCUT2D eigenvalue weighted by atomic mass is 19.1. The fourth-order valence-electron chi connectivity index (χ4n) is 3.22. The van der Waals surface area contributed by atoms with Gasteiger partial charge in [0.2, 0.25) is 5.95 Å². The van der Waals surface area contributed by atoms with E-state index in [2.05, 4.69) is 30.8 Å². The zero-order chi connectivity index (χ0) is 17.1. The minimum absolute atomic E-state index is 0.262. The first-order chi connectivity index (χ1) is 12.3. The largest absolute Gasteiger partial charge is 0.368 e. The predicted octanol–water partition coefficient (Wildman–Crippen LogP) is 3.64. The van der Waals surface area contributed by atoms with Gasteiger partial charge in [-0.3, -0.25) is 0 Å². The molecule has 7 heteroatoms. The number of anilines is 2. The summed E-state index contributed by atoms with van der Waals surface area (Å²) in [4.78, 5) is 8.49. The number of rotatable bonds is 6. The Hall–Kier alpha value is -2.31. The molecule has 0 saturated heterocycles. The summed E-state index contributed by atoms with van der Waals surface area (Å²) >= 11 is 0. The molecule has 2 saturated carbocycles. The van der Waals surface area contributed by atoms with Crippen LogP contribution >= 0.6 is 0 Å². The molecule has 0 amide bonds. The Balaban J connectivity index is 1.51. The van der Waals surface area contributed by atoms with E-state index in [0.717, 1.165) is 25.3 Å². The van der Waals surface area contributed by atoms with Crippen LogP contribution in [-0.2, 0) is 0 Å². The SMILES string of the molecule is Fc1cnc(NC2CCCCC2)nc1-c1cnnc(NCC2CC2)c1. The molecule has 6 nitrogen and oxygen atoms in total. The molecule has 0 unspecified atom stereocenters. The average Bonchev–Trinajstić information content (AvgIpc) is 3.47. The molecule has 0 spiro atoms. The van der Waals surface area contributed by atoms with E-state index in [1.54, 1.807) is 6.07 Å². The summed E-state index contributed by atoms with van der Waals surface area (Å²) in [5, 5.41) is 14.7. The van der Waals surface area contributed by atoms with Crippen LogP contribution in [-0.4, -0.2) is 32.8 Å². The van der Waals surface area contributed by atoms with Crippen LogP contribution in [0.1, 0.15) is 44.9 Å². The van der Waals surface area contributed by atoms with E-state index in [1.807, 2.05) is 0 Å². The standard InChI is InChI=1S/C18H23FN6/c19-15-11-21-18(23-14-4-2-1-3-5-14)24-17(15)13-8-16(25-22-10-13)20-9-12-6-7-12/h8,10-12,14H,1-7,9H2,(H,20,25)(H,21,23,24). The second-order valence-electron chi connectivity index (χ2n) is 7.02. The lowest BCUT2D eigenvalue weighted by Crippen LogP contribution is -2.23. The highest BCUT2D eigenvalue weighted by Gasteiger charge is 2.21. The third kappa shape index (κ3) is 4.21. The van der Waals surface area contributed by atoms with Crippen molar-refractivity contribution in [1.82, 2.24) is 20.2 Å². The van der Waals surface area contributed by atoms with Gasteiger partial charge in [-0.25, -0.2) is 14.4 Å². The van der Waals surface area contributed by atoms with Gasteiger partial charge in [-0.15, -0.1) is 5.10 Å². The fraction of sp³-hybridized carbons (Fsp3) is 0.556. The second kappa shape index (κ2) is 7.29. The summed E-state index contributed by atoms with van der Waals surface area (Å²) in [6, 6.07) is 2.17. The minimum atomic E-state index is -0.449. The van der Waals surface area contributed by atoms with Crippen LogP contribution in [0.15, 0.2) is 18.5 Å². The summed E-state index contributed by atoms with van der Waals surface area (Å²) in [5.41, 5.74) is 0.873. The normalized spacial score (nSPS) is 18.1. The summed E-state index contributed by atoms with van der Waals surface area (Å²) < 4.78 is 14.3. The molecule has 0 aromatic carbocycles. The minimum Gasteiger partial charge on any atom is -0.368 e. The second-order valence-corrected chi connectivity index (χ2v) is 7.02. The zero-order valence-electron chi connectivity index (χ0n) is 14.2. The van der Waals surface area contributed by atoms with E-state index in [0.29, 0.717) is 23.4 Å². The van der Waals surface area contributed by atoms with Crippen molar-refractivity contribution < 1.29 is 4.39 Å². The highest BCUT2D eigenvalue weighted by Crippen LogP contribution is 2.29. The Labute approximate surface area is 146 Å². The third-order valence-electron chi connectivity index (χ3n) is 4.88. The number of aromatic nitrogens is 4. The number of hydrogen-bond acceptors (Lipinski definition) is 6. The van der Waals surface area contributed by atoms with Gasteiger partial charge in [0, 0.05) is 18.2 Å². The smallest absolute Gasteiger partial charge is 0.223 e. The average molecular weight is 342 g/mol. The van der Waals surface area contributed by atoms with E-state index >= 15 is 0 Å². The molecule has 0 bridgehead atoms. The first-order valence-electron chi connectivity index (χ1n) is 9.14. The predicted molar refractivity (Wildman–Crippen MR) is 94.7 cm³/mol. The van der Waals surface area contributed by atoms with Crippen molar-refractivity contribution in [2.75, 3.05) is 17.2 Å². The van der Waals surface area contributed by atoms with Crippen LogP contribution < -0.4 is 10.6 Å². The van der Waals surface area contributed by atoms with E-state index in [4.69, 9.17) is 0 Å². The topological polar surface area (TPSA) is 75.6 Å². The Kier molecular flexibility index (Phi) is 4.72. The number of hydrogen-bond donors (Lipinski definition) is 2. The van der Waals surface area contributed by atoms with Gasteiger partial charge in [0.15, 0.2) is 5.82 Å². The third-order valence-corrected chi connectivity index (χ3v) is 4.88. The van der Waals surface area contributed by atoms with Crippen molar-refractivity contribution in [1.29, 1.82) is 0 Å². The molecule has 0 atom stereocenters. The van der Waals surface area contributed by atoms with Crippen LogP contribution in [0, 0.1) is 11.7 Å². The van der Waals surface area contributed by atoms with Gasteiger partial charge in [0.25, 0.3) is 0 Å². The van der Waals surface area contributed by atoms with Crippen LogP contribution in [0.25, 0.3) is 11.3 Å². The fourth-order valence-corrected chi connectivity index (χ4v) is 3.22. The van der Waals surface area contributed by atoms with Crippen LogP contribution in [0.2, 0.25) is 0 Å². The molecule has 2 fully saturated rings. The molecular formula is C18H23FN6. The Bertz CT molecular complexity index is 727. The molecule has 25 heavy (non-hydrogen) atoms. The maximum atomic E-state index is 14.3. The maximum absolute atomic E-state index is 14.3. The monoisotopic (exact) mass is 342 g/mol. The van der Waals surface area contributed by atoms with Gasteiger partial charge in [0.1, 0.15) is 11.5 Å². The highest BCUT2D eigenvalue weighted by molar-refractivity contribution is 5.63. The molecule has 2 heterocycles. The molecule has 2 aliphatic carbocycles. The lowest BCUT2D eigenvalue weighted by molar-refractivity contribution is 0.460. The van der Waals surface area contributed by atoms with Gasteiger partial charge < -0.3 is 10.6 Å². The van der Waals surface area contributed by atoms with Crippen molar-refractivity contribution >= 4 is 11.8 Å². The molecule has 2 N–H and O–H groups in total. The summed E-state index contributed by atoms with van der Waals surface area (Å²) in [6.45, 7) is 0.888. The first kappa shape index (κ1) is 16.2. The maximum Gasteiger partial charge on any atom is 0.223 e. The molecule has 0 aliphatic heterocycles. The van der Waals surface area contributed by atoms with E-state index in [9.17, 15) is 4.39 Å². The zero-order valence-corrected chi connectivity index (χ0v) is 14.2. The van der Waals surface area contributed by atoms with Crippen molar-refractivity contribution in [3.05, 3.63) is 24.3 Å². The van der Waals surface area contributed by atoms with Crippen LogP contribution in [0.5, 0.6) is 0 Å². The lowest BCUT2D eigenvalue weighted by atomic mass is 9.96. The summed E-state index contributed by atoms with van der Waals surface area (Å²) in [6.07, 6.45) is 11.2. The van der Waals surface area contributed by atoms with E-state index in [1.165, 1.54) is 44.5 Å². The number of nitrogens with one attached hydrogen (secondary N) is 2. The number of nitrogens with zero attached hydrogens (tertiary/aromatic N) is 4. The molecule has 132 valence electrons. The van der Waals surface area contributed by atoms with Crippen molar-refractivity contribution in [3.8, 4) is 11.3 Å². The Morgan fingerprint density at radius 2 is 1.92 bits per heavy atom. The lowest BCUT2D eigenvalue weighted by Gasteiger charge is -2.22. The number of halogens is 1. The van der Waals surface area contributed by atoms with Crippen molar-refractivity contribution in [2.45, 2.75) is 51.0 Å². The molecule has 2 aromatic rings. The Morgan fingerprint density at radius 3 is 2.72 bits per heavy atom. The molecule has 4 rings (SSSR count). The van der Waals surface area contributed by atoms with Gasteiger partial charge in [-0.2, -0.15) is 5.10 Å². The summed E-state index contributed by atoms with van der Waals surface area (Å²) in [7, 11) is 0. The van der Waals surface area contributed by atoms with Crippen molar-refractivity contribution in [3.63, 3.8) is 0 Å². The van der Waals surface area contributed by atoms with Gasteiger partial charge in [-0.05, 0) is 37.7 Å². The molecule has 0 radical (unpaired) electrons. The van der Waals surface area contributed by atoms with Crippen LogP contribution in [0.4, 0.5) is 16.2 Å².